The van der Waals surface area contributed by atoms with Crippen molar-refractivity contribution in [3.63, 3.8) is 0 Å². The molecule has 0 saturated heterocycles. The lowest BCUT2D eigenvalue weighted by Crippen LogP contribution is -2.34. The molecule has 2 aromatic carbocycles. The van der Waals surface area contributed by atoms with Gasteiger partial charge in [0.2, 0.25) is 5.96 Å². The molecule has 0 spiro atoms. The summed E-state index contributed by atoms with van der Waals surface area (Å²) in [5.74, 6) is -0.405. The monoisotopic (exact) mass is 452 g/mol. The fraction of sp³-hybridized carbons (Fsp3) is 0.263. The number of guanidine groups is 1. The Hall–Kier alpha value is -2.98. The van der Waals surface area contributed by atoms with Gasteiger partial charge in [0.05, 0.1) is 0 Å². The van der Waals surface area contributed by atoms with Crippen LogP contribution in [-0.2, 0) is 14.8 Å². The Bertz CT molecular complexity index is 1120. The number of benzene rings is 2. The molecule has 1 amide bonds. The summed E-state index contributed by atoms with van der Waals surface area (Å²) in [6.45, 7) is 5.34. The van der Waals surface area contributed by atoms with Gasteiger partial charge in [0.25, 0.3) is 10.0 Å². The van der Waals surface area contributed by atoms with Crippen LogP contribution in [0, 0.1) is 0 Å². The number of anilines is 3. The van der Waals surface area contributed by atoms with E-state index < -0.39 is 21.7 Å². The predicted molar refractivity (Wildman–Crippen MR) is 116 cm³/mol. The lowest BCUT2D eigenvalue weighted by Gasteiger charge is -2.25. The fourth-order valence-electron chi connectivity index (χ4n) is 2.60. The highest BCUT2D eigenvalue weighted by Gasteiger charge is 2.28. The first kappa shape index (κ1) is 21.7. The Morgan fingerprint density at radius 1 is 1.23 bits per heavy atom. The van der Waals surface area contributed by atoms with Gasteiger partial charge >= 0.3 is 6.09 Å². The lowest BCUT2D eigenvalue weighted by atomic mass is 10.2. The molecule has 2 aromatic rings. The number of amides is 1. The molecule has 3 N–H and O–H groups in total. The van der Waals surface area contributed by atoms with Gasteiger partial charge in [0, 0.05) is 29.5 Å². The highest BCUT2D eigenvalue weighted by Crippen LogP contribution is 2.37. The fourth-order valence-corrected chi connectivity index (χ4v) is 4.00. The summed E-state index contributed by atoms with van der Waals surface area (Å²) in [7, 11) is -2.47. The molecule has 0 bridgehead atoms. The van der Waals surface area contributed by atoms with Crippen LogP contribution in [0.25, 0.3) is 0 Å². The number of hydrogen-bond acceptors (Lipinski definition) is 7. The molecule has 0 fully saturated rings. The minimum atomic E-state index is -4.06. The first-order valence-electron chi connectivity index (χ1n) is 8.84. The molecule has 1 aliphatic rings. The Kier molecular flexibility index (Phi) is 5.57. The molecule has 3 rings (SSSR count). The van der Waals surface area contributed by atoms with E-state index in [1.54, 1.807) is 52.1 Å². The van der Waals surface area contributed by atoms with Crippen LogP contribution in [-0.4, -0.2) is 38.2 Å². The van der Waals surface area contributed by atoms with Gasteiger partial charge in [-0.05, 0) is 51.1 Å². The van der Waals surface area contributed by atoms with Gasteiger partial charge in [-0.25, -0.2) is 4.79 Å². The van der Waals surface area contributed by atoms with Gasteiger partial charge in [0.1, 0.15) is 21.9 Å². The highest BCUT2D eigenvalue weighted by atomic mass is 35.5. The number of phenolic OH excluding ortho intramolecular Hbond substituents is 1. The van der Waals surface area contributed by atoms with Crippen molar-refractivity contribution >= 4 is 50.7 Å². The maximum Gasteiger partial charge on any atom is 0.414 e. The van der Waals surface area contributed by atoms with Gasteiger partial charge in [-0.2, -0.15) is 8.42 Å². The van der Waals surface area contributed by atoms with Crippen LogP contribution in [0.4, 0.5) is 21.9 Å². The molecular weight excluding hydrogens is 432 g/mol. The second kappa shape index (κ2) is 7.69. The normalized spacial score (nSPS) is 14.8. The summed E-state index contributed by atoms with van der Waals surface area (Å²) in [5.41, 5.74) is 0.460. The second-order valence-electron chi connectivity index (χ2n) is 7.55. The van der Waals surface area contributed by atoms with Crippen molar-refractivity contribution in [1.82, 2.24) is 0 Å². The van der Waals surface area contributed by atoms with E-state index in [4.69, 9.17) is 16.3 Å². The number of carbonyl (C=O) groups excluding carboxylic acids is 1. The van der Waals surface area contributed by atoms with Crippen LogP contribution in [0.1, 0.15) is 20.8 Å². The number of ether oxygens (including phenoxy) is 1. The maximum absolute atomic E-state index is 12.4. The average molecular weight is 453 g/mol. The number of fused-ring (bicyclic) bond motifs is 1. The van der Waals surface area contributed by atoms with E-state index in [2.05, 4.69) is 15.0 Å². The number of carbonyl (C=O) groups is 1. The zero-order valence-electron chi connectivity index (χ0n) is 16.7. The summed E-state index contributed by atoms with van der Waals surface area (Å²) in [5, 5.41) is 15.7. The Morgan fingerprint density at radius 2 is 1.87 bits per heavy atom. The van der Waals surface area contributed by atoms with Gasteiger partial charge in [-0.1, -0.05) is 11.6 Å². The minimum absolute atomic E-state index is 0.0156. The van der Waals surface area contributed by atoms with Gasteiger partial charge in [0.15, 0.2) is 0 Å². The zero-order valence-corrected chi connectivity index (χ0v) is 18.3. The number of nitrogens with one attached hydrogen (secondary N) is 2. The number of rotatable bonds is 2. The molecule has 11 heteroatoms. The van der Waals surface area contributed by atoms with E-state index in [-0.39, 0.29) is 27.3 Å². The molecule has 0 aliphatic carbocycles. The third-order valence-corrected chi connectivity index (χ3v) is 5.48. The van der Waals surface area contributed by atoms with Crippen molar-refractivity contribution in [2.75, 3.05) is 22.6 Å². The van der Waals surface area contributed by atoms with Gasteiger partial charge in [-0.15, -0.1) is 4.40 Å². The summed E-state index contributed by atoms with van der Waals surface area (Å²) < 4.78 is 33.8. The molecule has 9 nitrogen and oxygen atoms in total. The van der Waals surface area contributed by atoms with Gasteiger partial charge < -0.3 is 20.5 Å². The molecule has 0 saturated carbocycles. The van der Waals surface area contributed by atoms with E-state index in [0.717, 1.165) is 0 Å². The summed E-state index contributed by atoms with van der Waals surface area (Å²) in [6.07, 6.45) is -0.502. The van der Waals surface area contributed by atoms with E-state index in [1.807, 2.05) is 0 Å². The molecular formula is C19H21ClN4O5S. The Balaban J connectivity index is 1.78. The minimum Gasteiger partial charge on any atom is -0.506 e. The van der Waals surface area contributed by atoms with Crippen molar-refractivity contribution in [1.29, 1.82) is 0 Å². The van der Waals surface area contributed by atoms with Crippen LogP contribution < -0.4 is 15.5 Å². The molecule has 0 atom stereocenters. The smallest absolute Gasteiger partial charge is 0.414 e. The van der Waals surface area contributed by atoms with Crippen molar-refractivity contribution in [2.45, 2.75) is 31.3 Å². The number of nitrogens with zero attached hydrogens (tertiary/aromatic N) is 2. The van der Waals surface area contributed by atoms with Crippen molar-refractivity contribution in [3.05, 3.63) is 41.4 Å². The molecule has 0 aromatic heterocycles. The van der Waals surface area contributed by atoms with E-state index >= 15 is 0 Å². The second-order valence-corrected chi connectivity index (χ2v) is 9.56. The number of hydrogen-bond donors (Lipinski definition) is 3. The quantitative estimate of drug-likeness (QED) is 0.589. The van der Waals surface area contributed by atoms with Crippen LogP contribution in [0.2, 0.25) is 5.02 Å². The summed E-state index contributed by atoms with van der Waals surface area (Å²) in [4.78, 5) is 13.3. The molecule has 1 aliphatic heterocycles. The number of aromatic hydroxyl groups is 1. The van der Waals surface area contributed by atoms with Crippen LogP contribution >= 0.6 is 11.6 Å². The number of halogens is 1. The van der Waals surface area contributed by atoms with Crippen molar-refractivity contribution in [3.8, 4) is 5.75 Å². The maximum atomic E-state index is 12.4. The molecule has 0 unspecified atom stereocenters. The largest absolute Gasteiger partial charge is 0.506 e. The van der Waals surface area contributed by atoms with Crippen LogP contribution in [0.5, 0.6) is 5.75 Å². The van der Waals surface area contributed by atoms with Crippen molar-refractivity contribution in [2.24, 2.45) is 4.40 Å². The molecule has 160 valence electrons. The van der Waals surface area contributed by atoms with Crippen molar-refractivity contribution < 1.29 is 23.1 Å². The molecule has 0 radical (unpaired) electrons. The Morgan fingerprint density at radius 3 is 2.47 bits per heavy atom. The van der Waals surface area contributed by atoms with E-state index in [9.17, 15) is 18.3 Å². The summed E-state index contributed by atoms with van der Waals surface area (Å²) in [6, 6.07) is 9.05. The predicted octanol–water partition coefficient (Wildman–Crippen LogP) is 4.00. The van der Waals surface area contributed by atoms with Crippen LogP contribution in [0.15, 0.2) is 45.7 Å². The highest BCUT2D eigenvalue weighted by molar-refractivity contribution is 7.90. The number of sulfonamides is 1. The first-order chi connectivity index (χ1) is 13.9. The van der Waals surface area contributed by atoms with Gasteiger partial charge in [-0.3, -0.25) is 4.90 Å². The topological polar surface area (TPSA) is 120 Å². The number of phenols is 1. The first-order valence-corrected chi connectivity index (χ1v) is 10.7. The third-order valence-electron chi connectivity index (χ3n) is 3.96. The van der Waals surface area contributed by atoms with E-state index in [0.29, 0.717) is 11.4 Å². The van der Waals surface area contributed by atoms with Crippen LogP contribution in [0.3, 0.4) is 0 Å². The molecule has 1 heterocycles. The zero-order chi connectivity index (χ0) is 22.3. The lowest BCUT2D eigenvalue weighted by molar-refractivity contribution is 0.0589. The average Bonchev–Trinajstić information content (AvgIpc) is 2.61. The standard InChI is InChI=1S/C19H21ClN4O5S/c1-19(2,3)29-18(26)24(4)13-7-5-12(6-8-13)21-17-22-16-14(25)9-11(20)10-15(16)30(27,28)23-17/h5-10,25H,1-4H3,(H2,21,22,23). The SMILES string of the molecule is CN(C(=O)OC(C)(C)C)c1ccc(NC2=NS(=O)(=O)c3cc(Cl)cc(O)c3N2)cc1. The Labute approximate surface area is 179 Å². The van der Waals surface area contributed by atoms with E-state index in [1.165, 1.54) is 17.0 Å². The third kappa shape index (κ3) is 4.77. The molecule has 30 heavy (non-hydrogen) atoms. The summed E-state index contributed by atoms with van der Waals surface area (Å²) >= 11 is 5.82.